The molecule has 2 aromatic carbocycles. The van der Waals surface area contributed by atoms with E-state index in [9.17, 15) is 29.7 Å². The number of aromatic nitrogens is 1. The monoisotopic (exact) mass is 715 g/mol. The third-order valence-electron chi connectivity index (χ3n) is 9.85. The number of phenolic OH excluding ortho intramolecular Hbond substituents is 1. The number of nitrogens with zero attached hydrogens (tertiary/aromatic N) is 1. The fraction of sp³-hybridized carbons (Fsp3) is 0.375. The number of allylic oxidation sites excluding steroid dienone is 3. The molecule has 276 valence electrons. The largest absolute Gasteiger partial charge is 0.508 e. The van der Waals surface area contributed by atoms with Gasteiger partial charge in [-0.15, -0.1) is 0 Å². The van der Waals surface area contributed by atoms with Crippen molar-refractivity contribution in [2.75, 3.05) is 41.2 Å². The molecule has 0 radical (unpaired) electrons. The zero-order valence-electron chi connectivity index (χ0n) is 30.3. The van der Waals surface area contributed by atoms with E-state index in [4.69, 9.17) is 23.7 Å². The first-order valence-corrected chi connectivity index (χ1v) is 17.0. The highest BCUT2D eigenvalue weighted by molar-refractivity contribution is 6.10. The zero-order valence-corrected chi connectivity index (χ0v) is 30.3. The highest BCUT2D eigenvalue weighted by Crippen LogP contribution is 2.45. The number of carboxylic acid groups (broad SMARTS) is 1. The van der Waals surface area contributed by atoms with Gasteiger partial charge in [-0.1, -0.05) is 26.5 Å². The average Bonchev–Trinajstić information content (AvgIpc) is 3.09. The quantitative estimate of drug-likeness (QED) is 0.265. The number of carbonyl (C=O) groups is 2. The predicted molar refractivity (Wildman–Crippen MR) is 195 cm³/mol. The number of ketones is 1. The molecular formula is C40H45NO11. The molecule has 3 N–H and O–H groups in total. The molecule has 2 saturated heterocycles. The van der Waals surface area contributed by atoms with Crippen molar-refractivity contribution in [3.63, 3.8) is 0 Å². The summed E-state index contributed by atoms with van der Waals surface area (Å²) in [5, 5.41) is 29.2. The van der Waals surface area contributed by atoms with Crippen LogP contribution < -0.4 is 19.6 Å². The van der Waals surface area contributed by atoms with E-state index in [2.05, 4.69) is 6.58 Å². The molecule has 1 atom stereocenters. The van der Waals surface area contributed by atoms with Crippen LogP contribution in [0.25, 0.3) is 16.8 Å². The van der Waals surface area contributed by atoms with Gasteiger partial charge in [0.1, 0.15) is 11.3 Å². The summed E-state index contributed by atoms with van der Waals surface area (Å²) < 4.78 is 29.1. The van der Waals surface area contributed by atoms with Gasteiger partial charge in [0.2, 0.25) is 0 Å². The Balaban J connectivity index is 0.000000192. The summed E-state index contributed by atoms with van der Waals surface area (Å²) in [4.78, 5) is 36.2. The maximum Gasteiger partial charge on any atom is 0.341 e. The number of phenols is 1. The van der Waals surface area contributed by atoms with Crippen molar-refractivity contribution in [2.24, 2.45) is 0 Å². The number of rotatable bonds is 5. The van der Waals surface area contributed by atoms with Gasteiger partial charge in [-0.25, -0.2) is 4.79 Å². The van der Waals surface area contributed by atoms with Crippen LogP contribution in [-0.4, -0.2) is 78.4 Å². The lowest BCUT2D eigenvalue weighted by Gasteiger charge is -2.48. The van der Waals surface area contributed by atoms with E-state index in [-0.39, 0.29) is 34.0 Å². The van der Waals surface area contributed by atoms with E-state index < -0.39 is 17.0 Å². The van der Waals surface area contributed by atoms with Gasteiger partial charge in [-0.2, -0.15) is 0 Å². The maximum absolute atomic E-state index is 12.5. The molecule has 1 unspecified atom stereocenters. The number of hydrogen-bond acceptors (Lipinski definition) is 10. The minimum absolute atomic E-state index is 0.0619. The summed E-state index contributed by atoms with van der Waals surface area (Å²) >= 11 is 0. The second-order valence-electron chi connectivity index (χ2n) is 13.0. The molecule has 0 amide bonds. The summed E-state index contributed by atoms with van der Waals surface area (Å²) in [7, 11) is 4.61. The van der Waals surface area contributed by atoms with Gasteiger partial charge in [0.05, 0.1) is 63.6 Å². The van der Waals surface area contributed by atoms with Gasteiger partial charge < -0.3 is 43.6 Å². The first kappa shape index (κ1) is 37.9. The first-order valence-electron chi connectivity index (χ1n) is 17.0. The number of hydrogen-bond donors (Lipinski definition) is 3. The number of methoxy groups -OCH3 is 3. The standard InChI is InChI=1S/C20H22O5.C18H17NO6.C2H6/c1-12-8-17(22)15(13(2)21)4-5-20(6-7-25-20)11-14-9-18(23)19(24-3)10-16(12)14;1-23-15-3-10-6-18(8-25-9-18)19-7-12(17(21)22)14(20)5-13(19)11(10)4-16(15)24-2;1-2/h4,8-10,21,23H,2,5-7,11H2,1,3H3;3-5,7H,6,8-9H2,1-2H3,(H,21,22);1-2H3/b12-8+,15-4-;;. The molecule has 0 saturated carbocycles. The van der Waals surface area contributed by atoms with Crippen LogP contribution in [0.1, 0.15) is 60.7 Å². The smallest absolute Gasteiger partial charge is 0.341 e. The fourth-order valence-corrected chi connectivity index (χ4v) is 7.02. The third kappa shape index (κ3) is 6.96. The Labute approximate surface area is 302 Å². The van der Waals surface area contributed by atoms with Crippen LogP contribution in [0, 0.1) is 0 Å². The zero-order chi connectivity index (χ0) is 38.0. The van der Waals surface area contributed by atoms with Crippen molar-refractivity contribution in [1.29, 1.82) is 0 Å². The SMILES string of the molecule is C=C(O)/C1=C/CC2(CCO2)Cc2cc(O)c(OC)cc2/C(C)=C/C1=O.CC.COc1cc2c(cc1OC)-c1cc(=O)c(C(=O)O)cn1C1(COC1)C2. The number of pyridine rings is 1. The Morgan fingerprint density at radius 3 is 2.06 bits per heavy atom. The third-order valence-corrected chi connectivity index (χ3v) is 9.85. The highest BCUT2D eigenvalue weighted by atomic mass is 16.5. The molecule has 7 rings (SSSR count). The lowest BCUT2D eigenvalue weighted by atomic mass is 9.80. The molecule has 4 aliphatic rings. The molecular weight excluding hydrogens is 670 g/mol. The summed E-state index contributed by atoms with van der Waals surface area (Å²) in [6, 6.07) is 8.53. The summed E-state index contributed by atoms with van der Waals surface area (Å²) in [6.45, 7) is 10.9. The molecule has 2 fully saturated rings. The molecule has 2 spiro atoms. The molecule has 1 aliphatic carbocycles. The van der Waals surface area contributed by atoms with Gasteiger partial charge >= 0.3 is 5.97 Å². The van der Waals surface area contributed by atoms with Crippen LogP contribution in [0.15, 0.2) is 71.4 Å². The van der Waals surface area contributed by atoms with Gasteiger partial charge in [0.15, 0.2) is 34.2 Å². The second kappa shape index (κ2) is 15.1. The molecule has 4 heterocycles. The topological polar surface area (TPSA) is 163 Å². The number of fused-ring (bicyclic) bond motifs is 5. The van der Waals surface area contributed by atoms with Crippen molar-refractivity contribution in [2.45, 2.75) is 57.6 Å². The maximum atomic E-state index is 12.5. The lowest BCUT2D eigenvalue weighted by Crippen LogP contribution is -2.55. The van der Waals surface area contributed by atoms with E-state index in [1.165, 1.54) is 25.4 Å². The number of benzene rings is 2. The number of carboxylic acids is 1. The molecule has 0 bridgehead atoms. The number of carbonyl (C=O) groups excluding carboxylic acids is 1. The van der Waals surface area contributed by atoms with Crippen molar-refractivity contribution in [1.82, 2.24) is 4.57 Å². The van der Waals surface area contributed by atoms with E-state index in [0.29, 0.717) is 62.0 Å². The van der Waals surface area contributed by atoms with E-state index in [1.54, 1.807) is 32.4 Å². The van der Waals surface area contributed by atoms with Gasteiger partial charge in [-0.3, -0.25) is 9.59 Å². The summed E-state index contributed by atoms with van der Waals surface area (Å²) in [5.74, 6) is -0.187. The Bertz CT molecular complexity index is 2030. The van der Waals surface area contributed by atoms with Crippen LogP contribution in [0.2, 0.25) is 0 Å². The minimum atomic E-state index is -1.23. The first-order chi connectivity index (χ1) is 24.8. The summed E-state index contributed by atoms with van der Waals surface area (Å²) in [6.07, 6.45) is 7.20. The predicted octanol–water partition coefficient (Wildman–Crippen LogP) is 6.02. The van der Waals surface area contributed by atoms with E-state index in [1.807, 2.05) is 37.5 Å². The molecule has 12 nitrogen and oxygen atoms in total. The molecule has 12 heteroatoms. The van der Waals surface area contributed by atoms with E-state index >= 15 is 0 Å². The molecule has 52 heavy (non-hydrogen) atoms. The van der Waals surface area contributed by atoms with Gasteiger partial charge in [-0.05, 0) is 65.9 Å². The number of aromatic hydroxyl groups is 1. The Morgan fingerprint density at radius 2 is 1.52 bits per heavy atom. The highest BCUT2D eigenvalue weighted by Gasteiger charge is 2.45. The fourth-order valence-electron chi connectivity index (χ4n) is 7.02. The number of aromatic carboxylic acids is 1. The van der Waals surface area contributed by atoms with Gasteiger partial charge in [0, 0.05) is 37.1 Å². The summed E-state index contributed by atoms with van der Waals surface area (Å²) in [5.41, 5.74) is 3.60. The van der Waals surface area contributed by atoms with Crippen molar-refractivity contribution in [3.05, 3.63) is 99.1 Å². The van der Waals surface area contributed by atoms with Crippen LogP contribution >= 0.6 is 0 Å². The van der Waals surface area contributed by atoms with Crippen molar-refractivity contribution < 1.29 is 48.6 Å². The van der Waals surface area contributed by atoms with Crippen molar-refractivity contribution in [3.8, 4) is 34.3 Å². The van der Waals surface area contributed by atoms with Gasteiger partial charge in [0.25, 0.3) is 0 Å². The molecule has 3 aliphatic heterocycles. The van der Waals surface area contributed by atoms with Crippen LogP contribution in [0.3, 0.4) is 0 Å². The Morgan fingerprint density at radius 1 is 0.904 bits per heavy atom. The van der Waals surface area contributed by atoms with Crippen LogP contribution in [0.4, 0.5) is 0 Å². The Kier molecular flexibility index (Phi) is 11.0. The second-order valence-corrected chi connectivity index (χ2v) is 13.0. The molecule has 3 aromatic rings. The lowest BCUT2D eigenvalue weighted by molar-refractivity contribution is -0.143. The number of ether oxygens (including phenoxy) is 5. The molecule has 1 aromatic heterocycles. The average molecular weight is 716 g/mol. The van der Waals surface area contributed by atoms with Crippen LogP contribution in [-0.2, 0) is 32.6 Å². The van der Waals surface area contributed by atoms with Crippen molar-refractivity contribution >= 4 is 17.3 Å². The minimum Gasteiger partial charge on any atom is -0.508 e. The Hall–Kier alpha value is -5.33. The number of aliphatic hydroxyl groups excluding tert-OH is 1. The van der Waals surface area contributed by atoms with E-state index in [0.717, 1.165) is 34.2 Å². The normalized spacial score (nSPS) is 21.2. The van der Waals surface area contributed by atoms with Crippen LogP contribution in [0.5, 0.6) is 23.0 Å². The number of aliphatic hydroxyl groups is 1.